The van der Waals surface area contributed by atoms with E-state index in [-0.39, 0.29) is 12.2 Å². The van der Waals surface area contributed by atoms with E-state index in [1.165, 1.54) is 89.9 Å². The van der Waals surface area contributed by atoms with E-state index in [0.29, 0.717) is 38.6 Å². The zero-order valence-corrected chi connectivity index (χ0v) is 16.7. The second-order valence-corrected chi connectivity index (χ2v) is 8.51. The fourth-order valence-electron chi connectivity index (χ4n) is 4.43. The highest BCUT2D eigenvalue weighted by atomic mass is 16.6. The van der Waals surface area contributed by atoms with Crippen molar-refractivity contribution in [3.05, 3.63) is 0 Å². The Hall–Kier alpha value is -0.160. The maximum absolute atomic E-state index is 6.14. The molecular formula is C22H40O4. The Bertz CT molecular complexity index is 304. The second kappa shape index (κ2) is 12.3. The summed E-state index contributed by atoms with van der Waals surface area (Å²) in [5.41, 5.74) is 0. The highest BCUT2D eigenvalue weighted by molar-refractivity contribution is 4.71. The molecule has 4 heteroatoms. The minimum absolute atomic E-state index is 0.0954. The van der Waals surface area contributed by atoms with Crippen molar-refractivity contribution in [3.8, 4) is 0 Å². The summed E-state index contributed by atoms with van der Waals surface area (Å²) in [6, 6.07) is 0. The van der Waals surface area contributed by atoms with Crippen LogP contribution < -0.4 is 0 Å². The van der Waals surface area contributed by atoms with Crippen molar-refractivity contribution in [3.63, 3.8) is 0 Å². The van der Waals surface area contributed by atoms with E-state index in [4.69, 9.17) is 18.9 Å². The largest absolute Gasteiger partial charge is 0.375 e. The van der Waals surface area contributed by atoms with Crippen molar-refractivity contribution < 1.29 is 18.9 Å². The minimum Gasteiger partial charge on any atom is -0.375 e. The van der Waals surface area contributed by atoms with Gasteiger partial charge in [-0.3, -0.25) is 0 Å². The van der Waals surface area contributed by atoms with Crippen molar-refractivity contribution in [2.75, 3.05) is 26.4 Å². The van der Waals surface area contributed by atoms with Crippen molar-refractivity contribution in [2.45, 2.75) is 114 Å². The molecule has 2 atom stereocenters. The van der Waals surface area contributed by atoms with Gasteiger partial charge in [0.05, 0.1) is 38.6 Å². The van der Waals surface area contributed by atoms with Crippen LogP contribution in [0, 0.1) is 0 Å². The van der Waals surface area contributed by atoms with E-state index in [1.807, 2.05) is 0 Å². The fourth-order valence-corrected chi connectivity index (χ4v) is 4.43. The zero-order chi connectivity index (χ0) is 17.9. The molecule has 2 unspecified atom stereocenters. The van der Waals surface area contributed by atoms with Gasteiger partial charge in [-0.25, -0.2) is 0 Å². The van der Waals surface area contributed by atoms with Crippen LogP contribution in [0.15, 0.2) is 0 Å². The lowest BCUT2D eigenvalue weighted by Crippen LogP contribution is -2.41. The van der Waals surface area contributed by atoms with Crippen LogP contribution in [0.5, 0.6) is 0 Å². The second-order valence-electron chi connectivity index (χ2n) is 8.51. The molecule has 3 rings (SSSR count). The van der Waals surface area contributed by atoms with Gasteiger partial charge in [0.15, 0.2) is 0 Å². The number of ether oxygens (including phenoxy) is 4. The molecule has 0 radical (unpaired) electrons. The molecule has 26 heavy (non-hydrogen) atoms. The zero-order valence-electron chi connectivity index (χ0n) is 16.7. The molecule has 0 aromatic rings. The van der Waals surface area contributed by atoms with Gasteiger partial charge in [-0.15, -0.1) is 0 Å². The molecule has 0 bridgehead atoms. The van der Waals surface area contributed by atoms with Gasteiger partial charge in [0, 0.05) is 0 Å². The first kappa shape index (κ1) is 20.6. The lowest BCUT2D eigenvalue weighted by molar-refractivity contribution is -0.177. The fraction of sp³-hybridized carbons (Fsp3) is 1.00. The van der Waals surface area contributed by atoms with Crippen molar-refractivity contribution >= 4 is 0 Å². The summed E-state index contributed by atoms with van der Waals surface area (Å²) in [7, 11) is 0. The molecule has 0 spiro atoms. The van der Waals surface area contributed by atoms with Gasteiger partial charge in [-0.1, -0.05) is 64.2 Å². The van der Waals surface area contributed by atoms with Crippen LogP contribution in [0.25, 0.3) is 0 Å². The van der Waals surface area contributed by atoms with E-state index >= 15 is 0 Å². The molecular weight excluding hydrogens is 328 g/mol. The molecule has 2 saturated carbocycles. The van der Waals surface area contributed by atoms with Crippen molar-refractivity contribution in [2.24, 2.45) is 0 Å². The predicted octanol–water partition coefficient (Wildman–Crippen LogP) is 5.03. The lowest BCUT2D eigenvalue weighted by atomic mass is 9.98. The molecule has 4 nitrogen and oxygen atoms in total. The third-order valence-corrected chi connectivity index (χ3v) is 6.18. The first-order chi connectivity index (χ1) is 12.9. The molecule has 152 valence electrons. The van der Waals surface area contributed by atoms with Crippen LogP contribution in [0.3, 0.4) is 0 Å². The number of hydrogen-bond donors (Lipinski definition) is 0. The van der Waals surface area contributed by atoms with Crippen LogP contribution in [0.1, 0.15) is 89.9 Å². The van der Waals surface area contributed by atoms with Crippen LogP contribution in [0.4, 0.5) is 0 Å². The molecule has 1 heterocycles. The van der Waals surface area contributed by atoms with Gasteiger partial charge in [-0.05, 0) is 25.7 Å². The summed E-state index contributed by atoms with van der Waals surface area (Å²) in [6.45, 7) is 2.65. The third-order valence-electron chi connectivity index (χ3n) is 6.18. The normalized spacial score (nSPS) is 30.9. The molecule has 0 aromatic carbocycles. The predicted molar refractivity (Wildman–Crippen MR) is 104 cm³/mol. The molecule has 0 N–H and O–H groups in total. The molecule has 1 aliphatic heterocycles. The molecule has 0 aromatic heterocycles. The van der Waals surface area contributed by atoms with Gasteiger partial charge >= 0.3 is 0 Å². The number of hydrogen-bond acceptors (Lipinski definition) is 4. The topological polar surface area (TPSA) is 36.9 Å². The average molecular weight is 369 g/mol. The van der Waals surface area contributed by atoms with E-state index < -0.39 is 0 Å². The maximum Gasteiger partial charge on any atom is 0.104 e. The quantitative estimate of drug-likeness (QED) is 0.659. The van der Waals surface area contributed by atoms with E-state index in [9.17, 15) is 0 Å². The first-order valence-corrected chi connectivity index (χ1v) is 11.4. The highest BCUT2D eigenvalue weighted by Gasteiger charge is 2.25. The summed E-state index contributed by atoms with van der Waals surface area (Å²) in [6.07, 6.45) is 19.4. The van der Waals surface area contributed by atoms with Gasteiger partial charge in [0.2, 0.25) is 0 Å². The molecule has 1 saturated heterocycles. The smallest absolute Gasteiger partial charge is 0.104 e. The van der Waals surface area contributed by atoms with E-state index in [0.717, 1.165) is 0 Å². The Labute approximate surface area is 160 Å². The van der Waals surface area contributed by atoms with Crippen LogP contribution in [0.2, 0.25) is 0 Å². The Morgan fingerprint density at radius 3 is 1.19 bits per heavy atom. The summed E-state index contributed by atoms with van der Waals surface area (Å²) in [5, 5.41) is 0. The van der Waals surface area contributed by atoms with Gasteiger partial charge in [0.25, 0.3) is 0 Å². The minimum atomic E-state index is 0.0954. The maximum atomic E-state index is 6.14. The Balaban J connectivity index is 1.26. The summed E-state index contributed by atoms with van der Waals surface area (Å²) >= 11 is 0. The van der Waals surface area contributed by atoms with Crippen LogP contribution in [-0.4, -0.2) is 50.8 Å². The molecule has 3 aliphatic rings. The summed E-state index contributed by atoms with van der Waals surface area (Å²) in [4.78, 5) is 0. The van der Waals surface area contributed by atoms with Crippen molar-refractivity contribution in [1.82, 2.24) is 0 Å². The highest BCUT2D eigenvalue weighted by Crippen LogP contribution is 2.22. The van der Waals surface area contributed by atoms with Crippen LogP contribution in [-0.2, 0) is 18.9 Å². The molecule has 2 aliphatic carbocycles. The first-order valence-electron chi connectivity index (χ1n) is 11.4. The summed E-state index contributed by atoms with van der Waals surface area (Å²) in [5.74, 6) is 0. The van der Waals surface area contributed by atoms with Gasteiger partial charge < -0.3 is 18.9 Å². The van der Waals surface area contributed by atoms with Gasteiger partial charge in [-0.2, -0.15) is 0 Å². The Morgan fingerprint density at radius 2 is 0.846 bits per heavy atom. The Morgan fingerprint density at radius 1 is 0.500 bits per heavy atom. The van der Waals surface area contributed by atoms with Crippen LogP contribution >= 0.6 is 0 Å². The lowest BCUT2D eigenvalue weighted by Gasteiger charge is -2.31. The van der Waals surface area contributed by atoms with E-state index in [2.05, 4.69) is 0 Å². The van der Waals surface area contributed by atoms with Gasteiger partial charge in [0.1, 0.15) is 12.2 Å². The summed E-state index contributed by atoms with van der Waals surface area (Å²) < 4.78 is 24.3. The SMILES string of the molecule is C1CCCC(OCC2COC(COC3CCCCCCC3)CO2)CCC1. The Kier molecular flexibility index (Phi) is 9.75. The van der Waals surface area contributed by atoms with Crippen molar-refractivity contribution in [1.29, 1.82) is 0 Å². The molecule has 0 amide bonds. The molecule has 3 fully saturated rings. The average Bonchev–Trinajstić information content (AvgIpc) is 2.61. The van der Waals surface area contributed by atoms with E-state index in [1.54, 1.807) is 0 Å². The third kappa shape index (κ3) is 7.84. The monoisotopic (exact) mass is 368 g/mol. The number of rotatable bonds is 6. The standard InChI is InChI=1S/C22H40O4/c1-3-7-11-19(12-8-4-1)23-15-21-17-26-22(18-25-21)16-24-20-13-9-5-2-6-10-14-20/h19-22H,1-18H2.